The number of carbonyl (C=O) groups excluding carboxylic acids is 2. The molecule has 0 spiro atoms. The van der Waals surface area contributed by atoms with E-state index in [1.165, 1.54) is 18.2 Å². The summed E-state index contributed by atoms with van der Waals surface area (Å²) < 4.78 is 4.95. The molecule has 0 aliphatic heterocycles. The standard InChI is InChI=1S/C17H17ClN2O3/c1-11-4-2-3-5-13(11)9-20-16(21)10-23-17(22)12-6-7-14(18)15(19)8-12/h2-8H,9-10,19H2,1H3,(H,20,21). The Balaban J connectivity index is 1.83. The molecule has 2 aromatic carbocycles. The predicted molar refractivity (Wildman–Crippen MR) is 89.2 cm³/mol. The summed E-state index contributed by atoms with van der Waals surface area (Å²) in [6.07, 6.45) is 0. The lowest BCUT2D eigenvalue weighted by Gasteiger charge is -2.09. The SMILES string of the molecule is Cc1ccccc1CNC(=O)COC(=O)c1ccc(Cl)c(N)c1. The number of carbonyl (C=O) groups is 2. The van der Waals surface area contributed by atoms with Crippen LogP contribution in [0.2, 0.25) is 5.02 Å². The van der Waals surface area contributed by atoms with Crippen LogP contribution in [0.1, 0.15) is 21.5 Å². The number of hydrogen-bond acceptors (Lipinski definition) is 4. The zero-order valence-corrected chi connectivity index (χ0v) is 13.4. The van der Waals surface area contributed by atoms with Crippen molar-refractivity contribution in [1.29, 1.82) is 0 Å². The molecule has 0 unspecified atom stereocenters. The first kappa shape index (κ1) is 16.8. The molecule has 6 heteroatoms. The van der Waals surface area contributed by atoms with Crippen LogP contribution in [0, 0.1) is 6.92 Å². The van der Waals surface area contributed by atoms with Gasteiger partial charge in [-0.25, -0.2) is 4.79 Å². The normalized spacial score (nSPS) is 10.2. The summed E-state index contributed by atoms with van der Waals surface area (Å²) in [6.45, 7) is 2.00. The van der Waals surface area contributed by atoms with E-state index in [0.717, 1.165) is 11.1 Å². The number of benzene rings is 2. The van der Waals surface area contributed by atoms with Crippen LogP contribution in [-0.2, 0) is 16.1 Å². The Morgan fingerprint density at radius 2 is 1.96 bits per heavy atom. The number of nitrogens with two attached hydrogens (primary N) is 1. The predicted octanol–water partition coefficient (Wildman–Crippen LogP) is 2.70. The Morgan fingerprint density at radius 1 is 1.22 bits per heavy atom. The maximum atomic E-state index is 11.8. The van der Waals surface area contributed by atoms with E-state index < -0.39 is 5.97 Å². The van der Waals surface area contributed by atoms with Crippen LogP contribution in [0.4, 0.5) is 5.69 Å². The number of esters is 1. The zero-order valence-electron chi connectivity index (χ0n) is 12.6. The third kappa shape index (κ3) is 4.72. The molecular formula is C17H17ClN2O3. The van der Waals surface area contributed by atoms with Crippen LogP contribution in [0.25, 0.3) is 0 Å². The van der Waals surface area contributed by atoms with E-state index in [1.54, 1.807) is 0 Å². The number of anilines is 1. The van der Waals surface area contributed by atoms with Crippen molar-refractivity contribution >= 4 is 29.2 Å². The summed E-state index contributed by atoms with van der Waals surface area (Å²) >= 11 is 5.78. The highest BCUT2D eigenvalue weighted by atomic mass is 35.5. The van der Waals surface area contributed by atoms with E-state index in [4.69, 9.17) is 22.1 Å². The Kier molecular flexibility index (Phi) is 5.60. The molecule has 0 saturated heterocycles. The fraction of sp³-hybridized carbons (Fsp3) is 0.176. The van der Waals surface area contributed by atoms with E-state index in [1.807, 2.05) is 31.2 Å². The molecular weight excluding hydrogens is 316 g/mol. The third-order valence-corrected chi connectivity index (χ3v) is 3.65. The second-order valence-corrected chi connectivity index (χ2v) is 5.42. The molecule has 23 heavy (non-hydrogen) atoms. The van der Waals surface area contributed by atoms with Crippen LogP contribution in [0.15, 0.2) is 42.5 Å². The van der Waals surface area contributed by atoms with Gasteiger partial charge in [0.1, 0.15) is 0 Å². The molecule has 0 heterocycles. The minimum Gasteiger partial charge on any atom is -0.452 e. The summed E-state index contributed by atoms with van der Waals surface area (Å²) in [6, 6.07) is 12.1. The fourth-order valence-electron chi connectivity index (χ4n) is 1.94. The number of nitrogens with one attached hydrogen (secondary N) is 1. The van der Waals surface area contributed by atoms with Crippen molar-refractivity contribution < 1.29 is 14.3 Å². The number of nitrogen functional groups attached to an aromatic ring is 1. The molecule has 5 nitrogen and oxygen atoms in total. The summed E-state index contributed by atoms with van der Waals surface area (Å²) in [5.74, 6) is -0.997. The average molecular weight is 333 g/mol. The average Bonchev–Trinajstić information content (AvgIpc) is 2.54. The number of hydrogen-bond donors (Lipinski definition) is 2. The lowest BCUT2D eigenvalue weighted by atomic mass is 10.1. The van der Waals surface area contributed by atoms with Crippen molar-refractivity contribution in [1.82, 2.24) is 5.32 Å². The van der Waals surface area contributed by atoms with Gasteiger partial charge in [0.15, 0.2) is 6.61 Å². The Labute approximate surface area is 139 Å². The van der Waals surface area contributed by atoms with Gasteiger partial charge in [-0.2, -0.15) is 0 Å². The van der Waals surface area contributed by atoms with Gasteiger partial charge in [-0.3, -0.25) is 4.79 Å². The largest absolute Gasteiger partial charge is 0.452 e. The number of halogens is 1. The Hall–Kier alpha value is -2.53. The zero-order chi connectivity index (χ0) is 16.8. The van der Waals surface area contributed by atoms with Gasteiger partial charge in [0.2, 0.25) is 0 Å². The molecule has 0 aromatic heterocycles. The van der Waals surface area contributed by atoms with Crippen molar-refractivity contribution in [3.8, 4) is 0 Å². The third-order valence-electron chi connectivity index (χ3n) is 3.30. The number of rotatable bonds is 5. The first-order valence-corrected chi connectivity index (χ1v) is 7.38. The minimum absolute atomic E-state index is 0.249. The molecule has 2 rings (SSSR count). The smallest absolute Gasteiger partial charge is 0.338 e. The van der Waals surface area contributed by atoms with E-state index in [2.05, 4.69) is 5.32 Å². The highest BCUT2D eigenvalue weighted by Crippen LogP contribution is 2.19. The van der Waals surface area contributed by atoms with Gasteiger partial charge in [0.25, 0.3) is 5.91 Å². The van der Waals surface area contributed by atoms with Crippen molar-refractivity contribution in [3.63, 3.8) is 0 Å². The molecule has 0 fully saturated rings. The summed E-state index contributed by atoms with van der Waals surface area (Å²) in [5, 5.41) is 3.06. The number of ether oxygens (including phenoxy) is 1. The highest BCUT2D eigenvalue weighted by Gasteiger charge is 2.11. The second-order valence-electron chi connectivity index (χ2n) is 5.02. The van der Waals surface area contributed by atoms with E-state index in [9.17, 15) is 9.59 Å². The molecule has 0 aliphatic rings. The maximum absolute atomic E-state index is 11.8. The van der Waals surface area contributed by atoms with Crippen molar-refractivity contribution in [2.24, 2.45) is 0 Å². The first-order chi connectivity index (χ1) is 11.0. The molecule has 0 bridgehead atoms. The summed E-state index contributed by atoms with van der Waals surface area (Å²) in [7, 11) is 0. The molecule has 0 aliphatic carbocycles. The topological polar surface area (TPSA) is 81.4 Å². The Morgan fingerprint density at radius 3 is 2.65 bits per heavy atom. The van der Waals surface area contributed by atoms with Crippen molar-refractivity contribution in [2.75, 3.05) is 12.3 Å². The molecule has 0 radical (unpaired) electrons. The summed E-state index contributed by atoms with van der Waals surface area (Å²) in [4.78, 5) is 23.6. The van der Waals surface area contributed by atoms with Crippen molar-refractivity contribution in [2.45, 2.75) is 13.5 Å². The molecule has 3 N–H and O–H groups in total. The highest BCUT2D eigenvalue weighted by molar-refractivity contribution is 6.33. The van der Waals surface area contributed by atoms with Crippen LogP contribution >= 0.6 is 11.6 Å². The van der Waals surface area contributed by atoms with Crippen LogP contribution < -0.4 is 11.1 Å². The van der Waals surface area contributed by atoms with Crippen LogP contribution in [0.3, 0.4) is 0 Å². The van der Waals surface area contributed by atoms with Gasteiger partial charge in [-0.1, -0.05) is 35.9 Å². The van der Waals surface area contributed by atoms with E-state index in [0.29, 0.717) is 11.6 Å². The van der Waals surface area contributed by atoms with Gasteiger partial charge in [-0.05, 0) is 36.2 Å². The number of aryl methyl sites for hydroxylation is 1. The fourth-order valence-corrected chi connectivity index (χ4v) is 2.06. The monoisotopic (exact) mass is 332 g/mol. The van der Waals surface area contributed by atoms with Gasteiger partial charge in [0, 0.05) is 6.54 Å². The molecule has 120 valence electrons. The van der Waals surface area contributed by atoms with Crippen molar-refractivity contribution in [3.05, 3.63) is 64.2 Å². The molecule has 0 saturated carbocycles. The van der Waals surface area contributed by atoms with Crippen LogP contribution in [0.5, 0.6) is 0 Å². The van der Waals surface area contributed by atoms with Gasteiger partial charge in [0.05, 0.1) is 16.3 Å². The summed E-state index contributed by atoms with van der Waals surface area (Å²) in [5.41, 5.74) is 8.25. The van der Waals surface area contributed by atoms with Gasteiger partial charge >= 0.3 is 5.97 Å². The molecule has 0 atom stereocenters. The minimum atomic E-state index is -0.626. The maximum Gasteiger partial charge on any atom is 0.338 e. The van der Waals surface area contributed by atoms with E-state index >= 15 is 0 Å². The Bertz CT molecular complexity index is 732. The quantitative estimate of drug-likeness (QED) is 0.651. The lowest BCUT2D eigenvalue weighted by Crippen LogP contribution is -2.28. The van der Waals surface area contributed by atoms with E-state index in [-0.39, 0.29) is 23.8 Å². The lowest BCUT2D eigenvalue weighted by molar-refractivity contribution is -0.124. The van der Waals surface area contributed by atoms with Crippen LogP contribution in [-0.4, -0.2) is 18.5 Å². The molecule has 1 amide bonds. The first-order valence-electron chi connectivity index (χ1n) is 7.00. The van der Waals surface area contributed by atoms with Gasteiger partial charge in [-0.15, -0.1) is 0 Å². The van der Waals surface area contributed by atoms with Gasteiger partial charge < -0.3 is 15.8 Å². The molecule has 2 aromatic rings. The number of amides is 1. The second kappa shape index (κ2) is 7.65.